The summed E-state index contributed by atoms with van der Waals surface area (Å²) in [4.78, 5) is 41.0. The zero-order valence-electron chi connectivity index (χ0n) is 14.6. The predicted molar refractivity (Wildman–Crippen MR) is 105 cm³/mol. The highest BCUT2D eigenvalue weighted by Crippen LogP contribution is 2.44. The Labute approximate surface area is 161 Å². The fourth-order valence-corrected chi connectivity index (χ4v) is 4.58. The lowest BCUT2D eigenvalue weighted by Gasteiger charge is -2.20. The van der Waals surface area contributed by atoms with Gasteiger partial charge in [-0.15, -0.1) is 0 Å². The van der Waals surface area contributed by atoms with Crippen LogP contribution in [0.5, 0.6) is 0 Å². The molecule has 2 heterocycles. The van der Waals surface area contributed by atoms with Crippen molar-refractivity contribution < 1.29 is 19.1 Å². The lowest BCUT2D eigenvalue weighted by Crippen LogP contribution is -2.42. The number of carbonyl (C=O) groups is 3. The molecule has 8 heteroatoms. The van der Waals surface area contributed by atoms with Crippen molar-refractivity contribution in [2.75, 3.05) is 18.6 Å². The van der Waals surface area contributed by atoms with Crippen molar-refractivity contribution in [3.8, 4) is 0 Å². The van der Waals surface area contributed by atoms with Gasteiger partial charge in [0.15, 0.2) is 0 Å². The molecule has 1 atom stereocenters. The molecule has 1 aromatic carbocycles. The van der Waals surface area contributed by atoms with Crippen LogP contribution in [-0.4, -0.2) is 46.7 Å². The molecule has 0 radical (unpaired) electrons. The van der Waals surface area contributed by atoms with Gasteiger partial charge in [0.05, 0.1) is 23.3 Å². The smallest absolute Gasteiger partial charge is 0.328 e. The van der Waals surface area contributed by atoms with E-state index in [0.29, 0.717) is 12.1 Å². The highest BCUT2D eigenvalue weighted by molar-refractivity contribution is 8.26. The molecule has 0 aliphatic carbocycles. The minimum atomic E-state index is -0.843. The number of thioether (sulfide) groups is 1. The largest absolute Gasteiger partial charge is 0.467 e. The molecule has 2 aliphatic heterocycles. The van der Waals surface area contributed by atoms with E-state index in [1.54, 1.807) is 11.8 Å². The number of fused-ring (bicyclic) bond motifs is 1. The summed E-state index contributed by atoms with van der Waals surface area (Å²) in [5, 5.41) is 0. The third-order valence-electron chi connectivity index (χ3n) is 4.33. The van der Waals surface area contributed by atoms with E-state index in [-0.39, 0.29) is 15.1 Å². The second-order valence-electron chi connectivity index (χ2n) is 5.92. The number of methoxy groups -OCH3 is 1. The van der Waals surface area contributed by atoms with Gasteiger partial charge < -0.3 is 9.64 Å². The normalized spacial score (nSPS) is 20.7. The van der Waals surface area contributed by atoms with Crippen molar-refractivity contribution in [1.82, 2.24) is 4.90 Å². The van der Waals surface area contributed by atoms with Gasteiger partial charge in [-0.3, -0.25) is 14.5 Å². The summed E-state index contributed by atoms with van der Waals surface area (Å²) in [6.07, 6.45) is 0.799. The van der Waals surface area contributed by atoms with Gasteiger partial charge in [-0.25, -0.2) is 4.79 Å². The first-order chi connectivity index (χ1) is 12.4. The predicted octanol–water partition coefficient (Wildman–Crippen LogP) is 2.58. The van der Waals surface area contributed by atoms with Crippen molar-refractivity contribution in [3.05, 3.63) is 34.7 Å². The maximum absolute atomic E-state index is 13.0. The lowest BCUT2D eigenvalue weighted by molar-refractivity contribution is -0.147. The van der Waals surface area contributed by atoms with Gasteiger partial charge in [0.25, 0.3) is 11.8 Å². The van der Waals surface area contributed by atoms with Crippen molar-refractivity contribution in [1.29, 1.82) is 0 Å². The van der Waals surface area contributed by atoms with Crippen LogP contribution in [0.4, 0.5) is 5.69 Å². The van der Waals surface area contributed by atoms with E-state index in [4.69, 9.17) is 17.0 Å². The summed E-state index contributed by atoms with van der Waals surface area (Å²) < 4.78 is 4.96. The molecule has 0 unspecified atom stereocenters. The summed E-state index contributed by atoms with van der Waals surface area (Å²) in [7, 11) is 1.26. The van der Waals surface area contributed by atoms with Gasteiger partial charge in [0, 0.05) is 12.1 Å². The van der Waals surface area contributed by atoms with E-state index in [2.05, 4.69) is 0 Å². The van der Waals surface area contributed by atoms with Crippen LogP contribution in [0, 0.1) is 0 Å². The van der Waals surface area contributed by atoms with Crippen molar-refractivity contribution in [3.63, 3.8) is 0 Å². The standard InChI is InChI=1S/C18H18N2O4S2/c1-4-9-19-12-8-6-5-7-11(12)13(15(19)21)14-16(22)20(18(25)26-14)10(2)17(23)24-3/h5-8,10H,4,9H2,1-3H3/b14-13-/t10-/m1/s1. The first-order valence-corrected chi connectivity index (χ1v) is 9.43. The number of thiocarbonyl (C=S) groups is 1. The van der Waals surface area contributed by atoms with Crippen LogP contribution in [0.3, 0.4) is 0 Å². The van der Waals surface area contributed by atoms with Crippen molar-refractivity contribution in [2.24, 2.45) is 0 Å². The Morgan fingerprint density at radius 2 is 1.96 bits per heavy atom. The number of anilines is 1. The monoisotopic (exact) mass is 390 g/mol. The second kappa shape index (κ2) is 7.20. The van der Waals surface area contributed by atoms with E-state index in [9.17, 15) is 14.4 Å². The Bertz CT molecular complexity index is 849. The fourth-order valence-electron chi connectivity index (χ4n) is 3.09. The Morgan fingerprint density at radius 1 is 1.27 bits per heavy atom. The number of esters is 1. The lowest BCUT2D eigenvalue weighted by atomic mass is 10.1. The molecule has 0 spiro atoms. The zero-order chi connectivity index (χ0) is 19.0. The van der Waals surface area contributed by atoms with Crippen molar-refractivity contribution in [2.45, 2.75) is 26.3 Å². The highest BCUT2D eigenvalue weighted by atomic mass is 32.2. The van der Waals surface area contributed by atoms with Crippen molar-refractivity contribution >= 4 is 57.3 Å². The maximum Gasteiger partial charge on any atom is 0.328 e. The third-order valence-corrected chi connectivity index (χ3v) is 5.73. The van der Waals surface area contributed by atoms with E-state index in [1.807, 2.05) is 31.2 Å². The summed E-state index contributed by atoms with van der Waals surface area (Å²) >= 11 is 6.35. The number of amides is 2. The molecular weight excluding hydrogens is 372 g/mol. The molecule has 136 valence electrons. The molecular formula is C18H18N2O4S2. The molecule has 2 aliphatic rings. The molecule has 3 rings (SSSR count). The van der Waals surface area contributed by atoms with Crippen LogP contribution < -0.4 is 4.90 Å². The molecule has 1 fully saturated rings. The van der Waals surface area contributed by atoms with Crippen LogP contribution in [0.15, 0.2) is 29.2 Å². The van der Waals surface area contributed by atoms with Gasteiger partial charge in [-0.2, -0.15) is 0 Å². The van der Waals surface area contributed by atoms with Gasteiger partial charge in [0.2, 0.25) is 0 Å². The van der Waals surface area contributed by atoms with E-state index < -0.39 is 17.9 Å². The van der Waals surface area contributed by atoms with Crippen LogP contribution in [0.2, 0.25) is 0 Å². The molecule has 0 bridgehead atoms. The number of hydrogen-bond acceptors (Lipinski definition) is 6. The molecule has 0 N–H and O–H groups in total. The third kappa shape index (κ3) is 2.83. The molecule has 0 aromatic heterocycles. The summed E-state index contributed by atoms with van der Waals surface area (Å²) in [6, 6.07) is 6.55. The number of ether oxygens (including phenoxy) is 1. The Hall–Kier alpha value is -2.19. The van der Waals surface area contributed by atoms with Crippen LogP contribution >= 0.6 is 24.0 Å². The molecule has 0 saturated carbocycles. The minimum absolute atomic E-state index is 0.209. The van der Waals surface area contributed by atoms with Gasteiger partial charge in [0.1, 0.15) is 10.4 Å². The van der Waals surface area contributed by atoms with Gasteiger partial charge in [-0.05, 0) is 19.4 Å². The zero-order valence-corrected chi connectivity index (χ0v) is 16.3. The van der Waals surface area contributed by atoms with E-state index in [1.165, 1.54) is 12.0 Å². The molecule has 6 nitrogen and oxygen atoms in total. The first-order valence-electron chi connectivity index (χ1n) is 8.21. The van der Waals surface area contributed by atoms with Crippen LogP contribution in [0.1, 0.15) is 25.8 Å². The Balaban J connectivity index is 2.08. The number of hydrogen-bond donors (Lipinski definition) is 0. The number of rotatable bonds is 4. The van der Waals surface area contributed by atoms with Crippen LogP contribution in [0.25, 0.3) is 5.57 Å². The average molecular weight is 390 g/mol. The number of benzene rings is 1. The number of carbonyl (C=O) groups excluding carboxylic acids is 3. The highest BCUT2D eigenvalue weighted by Gasteiger charge is 2.44. The van der Waals surface area contributed by atoms with E-state index in [0.717, 1.165) is 29.4 Å². The SMILES string of the molecule is CCCN1C(=O)/C(=C2\SC(=S)N([C@H](C)C(=O)OC)C2=O)c2ccccc21. The molecule has 1 aromatic rings. The van der Waals surface area contributed by atoms with Gasteiger partial charge >= 0.3 is 5.97 Å². The maximum atomic E-state index is 13.0. The minimum Gasteiger partial charge on any atom is -0.467 e. The molecule has 2 amide bonds. The Morgan fingerprint density at radius 3 is 2.62 bits per heavy atom. The first kappa shape index (κ1) is 18.6. The second-order valence-corrected chi connectivity index (χ2v) is 7.56. The van der Waals surface area contributed by atoms with E-state index >= 15 is 0 Å². The quantitative estimate of drug-likeness (QED) is 0.447. The summed E-state index contributed by atoms with van der Waals surface area (Å²) in [5.41, 5.74) is 1.86. The summed E-state index contributed by atoms with van der Waals surface area (Å²) in [5.74, 6) is -1.20. The Kier molecular flexibility index (Phi) is 5.15. The number of nitrogens with zero attached hydrogens (tertiary/aromatic N) is 2. The molecule has 26 heavy (non-hydrogen) atoms. The fraction of sp³-hybridized carbons (Fsp3) is 0.333. The molecule has 1 saturated heterocycles. The number of para-hydroxylation sites is 1. The average Bonchev–Trinajstić information content (AvgIpc) is 3.07. The summed E-state index contributed by atoms with van der Waals surface area (Å²) in [6.45, 7) is 4.11. The van der Waals surface area contributed by atoms with Crippen LogP contribution in [-0.2, 0) is 19.1 Å². The topological polar surface area (TPSA) is 66.9 Å². The van der Waals surface area contributed by atoms with Gasteiger partial charge in [-0.1, -0.05) is 49.1 Å².